The van der Waals surface area contributed by atoms with Gasteiger partial charge in [-0.1, -0.05) is 26.5 Å². The van der Waals surface area contributed by atoms with Crippen molar-refractivity contribution < 1.29 is 9.47 Å². The summed E-state index contributed by atoms with van der Waals surface area (Å²) in [4.78, 5) is 0. The van der Waals surface area contributed by atoms with Gasteiger partial charge < -0.3 is 9.47 Å². The molecule has 1 aliphatic carbocycles. The topological polar surface area (TPSA) is 18.5 Å². The Kier molecular flexibility index (Phi) is 2.98. The van der Waals surface area contributed by atoms with Gasteiger partial charge in [0.05, 0.1) is 6.10 Å². The number of allylic oxidation sites excluding steroid dienone is 1. The molecule has 0 saturated carbocycles. The van der Waals surface area contributed by atoms with Crippen LogP contribution in [-0.4, -0.2) is 25.6 Å². The number of hydrogen-bond acceptors (Lipinski definition) is 2. The number of rotatable bonds is 0. The number of fused-ring (bicyclic) bond motifs is 2. The summed E-state index contributed by atoms with van der Waals surface area (Å²) in [5.41, 5.74) is 0.277. The zero-order valence-corrected chi connectivity index (χ0v) is 10.9. The first-order chi connectivity index (χ1) is 8.14. The molecule has 3 unspecified atom stereocenters. The van der Waals surface area contributed by atoms with Crippen molar-refractivity contribution in [2.45, 2.75) is 70.5 Å². The fraction of sp³-hybridized carbons (Fsp3) is 0.857. The zero-order valence-electron chi connectivity index (χ0n) is 10.9. The third kappa shape index (κ3) is 2.40. The van der Waals surface area contributed by atoms with Crippen LogP contribution in [0.25, 0.3) is 0 Å². The molecule has 0 amide bonds. The summed E-state index contributed by atoms with van der Waals surface area (Å²) in [6, 6.07) is 0. The molecule has 0 spiro atoms. The maximum absolute atomic E-state index is 6.25. The lowest BCUT2D eigenvalue weighted by Gasteiger charge is -2.42. The van der Waals surface area contributed by atoms with E-state index in [1.807, 2.05) is 0 Å². The molecule has 2 fully saturated rings. The summed E-state index contributed by atoms with van der Waals surface area (Å²) < 4.78 is 12.5. The van der Waals surface area contributed by atoms with Crippen LogP contribution in [0.2, 0.25) is 12.6 Å². The van der Waals surface area contributed by atoms with Gasteiger partial charge in [0.1, 0.15) is 25.2 Å². The molecule has 3 heteroatoms. The predicted octanol–water partition coefficient (Wildman–Crippen LogP) is 3.18. The van der Waals surface area contributed by atoms with Gasteiger partial charge in [-0.15, -0.1) is 0 Å². The largest absolute Gasteiger partial charge is 0.490 e. The van der Waals surface area contributed by atoms with Gasteiger partial charge in [-0.05, 0) is 37.2 Å². The lowest BCUT2D eigenvalue weighted by molar-refractivity contribution is -0.151. The Morgan fingerprint density at radius 2 is 1.94 bits per heavy atom. The van der Waals surface area contributed by atoms with Crippen LogP contribution in [0.1, 0.15) is 39.5 Å². The molecule has 2 nitrogen and oxygen atoms in total. The molecule has 2 aliphatic heterocycles. The number of ether oxygens (including phenoxy) is 2. The Morgan fingerprint density at radius 3 is 2.76 bits per heavy atom. The highest BCUT2D eigenvalue weighted by molar-refractivity contribution is 6.35. The van der Waals surface area contributed by atoms with Crippen molar-refractivity contribution in [2.75, 3.05) is 0 Å². The normalized spacial score (nSPS) is 39.9. The quantitative estimate of drug-likeness (QED) is 0.598. The van der Waals surface area contributed by atoms with E-state index in [2.05, 4.69) is 27.2 Å². The monoisotopic (exact) mass is 233 g/mol. The Morgan fingerprint density at radius 1 is 1.18 bits per heavy atom. The molecule has 0 N–H and O–H groups in total. The van der Waals surface area contributed by atoms with Crippen LogP contribution in [0.5, 0.6) is 0 Å². The van der Waals surface area contributed by atoms with Crippen molar-refractivity contribution in [3.05, 3.63) is 11.8 Å². The first-order valence-corrected chi connectivity index (χ1v) is 7.01. The van der Waals surface area contributed by atoms with Crippen LogP contribution in [-0.2, 0) is 9.47 Å². The standard InChI is InChI=1S/C14H22BO2/c1-14(2)6-3-10-13(9-14)17-12-5-8-15-7-4-11(12)16-10/h9-12H,3-8H2,1-2H3. The van der Waals surface area contributed by atoms with Gasteiger partial charge >= 0.3 is 0 Å². The molecule has 0 aromatic rings. The van der Waals surface area contributed by atoms with Crippen molar-refractivity contribution in [2.24, 2.45) is 5.41 Å². The SMILES string of the molecule is CC1(C)C=C2OC3CC[B]CCC3OC2CC1. The van der Waals surface area contributed by atoms with E-state index in [9.17, 15) is 0 Å². The van der Waals surface area contributed by atoms with Crippen LogP contribution in [0.15, 0.2) is 11.8 Å². The third-order valence-corrected chi connectivity index (χ3v) is 4.25. The molecule has 2 heterocycles. The van der Waals surface area contributed by atoms with Gasteiger partial charge in [0.2, 0.25) is 0 Å². The molecule has 0 bridgehead atoms. The average Bonchev–Trinajstić information content (AvgIpc) is 2.49. The molecule has 1 radical (unpaired) electrons. The van der Waals surface area contributed by atoms with Crippen molar-refractivity contribution in [3.8, 4) is 0 Å². The molecule has 17 heavy (non-hydrogen) atoms. The molecule has 93 valence electrons. The summed E-state index contributed by atoms with van der Waals surface area (Å²) in [6.07, 6.45) is 10.1. The maximum atomic E-state index is 6.25. The molecular formula is C14H22BO2. The van der Waals surface area contributed by atoms with Crippen LogP contribution >= 0.6 is 0 Å². The first kappa shape index (κ1) is 11.6. The highest BCUT2D eigenvalue weighted by Crippen LogP contribution is 2.40. The molecule has 0 aromatic carbocycles. The van der Waals surface area contributed by atoms with E-state index < -0.39 is 0 Å². The van der Waals surface area contributed by atoms with Gasteiger partial charge in [-0.3, -0.25) is 0 Å². The van der Waals surface area contributed by atoms with Crippen molar-refractivity contribution in [1.82, 2.24) is 0 Å². The Bertz CT molecular complexity index is 324. The first-order valence-electron chi connectivity index (χ1n) is 7.01. The minimum Gasteiger partial charge on any atom is -0.490 e. The van der Waals surface area contributed by atoms with E-state index >= 15 is 0 Å². The van der Waals surface area contributed by atoms with Crippen LogP contribution < -0.4 is 0 Å². The van der Waals surface area contributed by atoms with Gasteiger partial charge in [-0.25, -0.2) is 0 Å². The third-order valence-electron chi connectivity index (χ3n) is 4.25. The fourth-order valence-corrected chi connectivity index (χ4v) is 3.20. The molecule has 3 atom stereocenters. The van der Waals surface area contributed by atoms with E-state index in [4.69, 9.17) is 9.47 Å². The van der Waals surface area contributed by atoms with Crippen molar-refractivity contribution in [1.29, 1.82) is 0 Å². The summed E-state index contributed by atoms with van der Waals surface area (Å²) in [6.45, 7) is 4.57. The van der Waals surface area contributed by atoms with Gasteiger partial charge in [0.15, 0.2) is 0 Å². The summed E-state index contributed by atoms with van der Waals surface area (Å²) in [5, 5.41) is 0. The van der Waals surface area contributed by atoms with Crippen molar-refractivity contribution in [3.63, 3.8) is 0 Å². The Labute approximate surface area is 105 Å². The lowest BCUT2D eigenvalue weighted by atomic mass is 9.70. The number of hydrogen-bond donors (Lipinski definition) is 0. The Balaban J connectivity index is 1.78. The van der Waals surface area contributed by atoms with Gasteiger partial charge in [-0.2, -0.15) is 0 Å². The molecule has 3 aliphatic rings. The van der Waals surface area contributed by atoms with Gasteiger partial charge in [0.25, 0.3) is 0 Å². The van der Waals surface area contributed by atoms with E-state index in [0.29, 0.717) is 12.2 Å². The van der Waals surface area contributed by atoms with Crippen molar-refractivity contribution >= 4 is 7.28 Å². The second-order valence-corrected chi connectivity index (χ2v) is 6.34. The second-order valence-electron chi connectivity index (χ2n) is 6.34. The van der Waals surface area contributed by atoms with E-state index in [0.717, 1.165) is 25.0 Å². The lowest BCUT2D eigenvalue weighted by Crippen LogP contribution is -2.43. The Hall–Kier alpha value is -0.435. The van der Waals surface area contributed by atoms with Crippen LogP contribution in [0.4, 0.5) is 0 Å². The summed E-state index contributed by atoms with van der Waals surface area (Å²) >= 11 is 0. The zero-order chi connectivity index (χ0) is 11.9. The van der Waals surface area contributed by atoms with Crippen LogP contribution in [0.3, 0.4) is 0 Å². The minimum absolute atomic E-state index is 0.238. The summed E-state index contributed by atoms with van der Waals surface area (Å²) in [7, 11) is 2.38. The van der Waals surface area contributed by atoms with Crippen LogP contribution in [0, 0.1) is 5.41 Å². The van der Waals surface area contributed by atoms with Gasteiger partial charge in [0, 0.05) is 0 Å². The smallest absolute Gasteiger partial charge is 0.124 e. The molecule has 0 aromatic heterocycles. The molecular weight excluding hydrogens is 211 g/mol. The molecule has 2 saturated heterocycles. The fourth-order valence-electron chi connectivity index (χ4n) is 3.20. The van der Waals surface area contributed by atoms with E-state index in [-0.39, 0.29) is 11.5 Å². The summed E-state index contributed by atoms with van der Waals surface area (Å²) in [5.74, 6) is 1.12. The average molecular weight is 233 g/mol. The highest BCUT2D eigenvalue weighted by atomic mass is 16.6. The van der Waals surface area contributed by atoms with E-state index in [1.54, 1.807) is 0 Å². The van der Waals surface area contributed by atoms with E-state index in [1.165, 1.54) is 19.1 Å². The highest BCUT2D eigenvalue weighted by Gasteiger charge is 2.39. The predicted molar refractivity (Wildman–Crippen MR) is 69.2 cm³/mol. The maximum Gasteiger partial charge on any atom is 0.124 e. The minimum atomic E-state index is 0.238. The second kappa shape index (κ2) is 4.35. The molecule has 3 rings (SSSR count).